The Labute approximate surface area is 178 Å². The van der Waals surface area contributed by atoms with Crippen molar-refractivity contribution in [2.24, 2.45) is 0 Å². The van der Waals surface area contributed by atoms with E-state index < -0.39 is 11.6 Å². The quantitative estimate of drug-likeness (QED) is 0.478. The maximum atomic E-state index is 13.5. The van der Waals surface area contributed by atoms with Gasteiger partial charge in [0.05, 0.1) is 12.1 Å². The van der Waals surface area contributed by atoms with Gasteiger partial charge in [-0.05, 0) is 47.0 Å². The summed E-state index contributed by atoms with van der Waals surface area (Å²) in [6, 6.07) is 20.5. The Hall–Kier alpha value is -3.44. The van der Waals surface area contributed by atoms with E-state index >= 15 is 0 Å². The number of pyridine rings is 1. The van der Waals surface area contributed by atoms with Gasteiger partial charge in [0.25, 0.3) is 5.91 Å². The van der Waals surface area contributed by atoms with Crippen molar-refractivity contribution in [1.29, 1.82) is 0 Å². The van der Waals surface area contributed by atoms with E-state index in [1.54, 1.807) is 19.2 Å². The van der Waals surface area contributed by atoms with Crippen molar-refractivity contribution in [1.82, 2.24) is 15.2 Å². The highest BCUT2D eigenvalue weighted by Gasteiger charge is 2.49. The molecule has 0 aliphatic carbocycles. The second kappa shape index (κ2) is 6.82. The lowest BCUT2D eigenvalue weighted by Crippen LogP contribution is -2.41. The molecule has 1 aromatic heterocycles. The lowest BCUT2D eigenvalue weighted by atomic mass is 9.87. The average Bonchev–Trinajstić information content (AvgIpc) is 2.99. The fraction of sp³-hybridized carbons (Fsp3) is 0.125. The highest BCUT2D eigenvalue weighted by atomic mass is 35.5. The largest absolute Gasteiger partial charge is 0.325 e. The summed E-state index contributed by atoms with van der Waals surface area (Å²) in [6.45, 7) is 1.88. The third kappa shape index (κ3) is 2.74. The van der Waals surface area contributed by atoms with E-state index in [0.717, 1.165) is 27.3 Å². The van der Waals surface area contributed by atoms with E-state index in [1.807, 2.05) is 60.7 Å². The minimum absolute atomic E-state index is 0.121. The van der Waals surface area contributed by atoms with Crippen LogP contribution in [0.2, 0.25) is 5.02 Å². The second-order valence-corrected chi connectivity index (χ2v) is 7.99. The number of benzene rings is 3. The molecule has 6 heteroatoms. The number of carbonyl (C=O) groups excluding carboxylic acids is 2. The van der Waals surface area contributed by atoms with Crippen LogP contribution in [0.15, 0.2) is 72.9 Å². The molecule has 148 valence electrons. The predicted octanol–water partition coefficient (Wildman–Crippen LogP) is 5.01. The monoisotopic (exact) mass is 415 g/mol. The van der Waals surface area contributed by atoms with Gasteiger partial charge in [0.15, 0.2) is 0 Å². The van der Waals surface area contributed by atoms with Crippen molar-refractivity contribution in [3.8, 4) is 0 Å². The summed E-state index contributed by atoms with van der Waals surface area (Å²) in [5, 5.41) is 6.24. The van der Waals surface area contributed by atoms with E-state index in [1.165, 1.54) is 4.90 Å². The lowest BCUT2D eigenvalue weighted by molar-refractivity contribution is -0.131. The van der Waals surface area contributed by atoms with Gasteiger partial charge in [-0.2, -0.15) is 0 Å². The number of urea groups is 1. The molecule has 1 aliphatic rings. The number of carbonyl (C=O) groups is 2. The third-order valence-electron chi connectivity index (χ3n) is 5.73. The summed E-state index contributed by atoms with van der Waals surface area (Å²) in [7, 11) is 0. The van der Waals surface area contributed by atoms with Gasteiger partial charge in [-0.1, -0.05) is 60.1 Å². The molecule has 3 aromatic carbocycles. The van der Waals surface area contributed by atoms with Crippen molar-refractivity contribution in [2.45, 2.75) is 19.0 Å². The Morgan fingerprint density at radius 2 is 1.73 bits per heavy atom. The molecular formula is C24H18ClN3O2. The molecule has 1 fully saturated rings. The van der Waals surface area contributed by atoms with E-state index in [4.69, 9.17) is 11.6 Å². The Bertz CT molecular complexity index is 1330. The summed E-state index contributed by atoms with van der Waals surface area (Å²) in [5.74, 6) is -0.289. The maximum absolute atomic E-state index is 13.5. The van der Waals surface area contributed by atoms with Crippen LogP contribution in [0.4, 0.5) is 4.79 Å². The molecule has 5 rings (SSSR count). The lowest BCUT2D eigenvalue weighted by Gasteiger charge is -2.24. The molecule has 0 saturated carbocycles. The van der Waals surface area contributed by atoms with Crippen molar-refractivity contribution in [3.63, 3.8) is 0 Å². The number of nitrogens with zero attached hydrogens (tertiary/aromatic N) is 2. The zero-order chi connectivity index (χ0) is 20.9. The topological polar surface area (TPSA) is 62.3 Å². The minimum Gasteiger partial charge on any atom is -0.319 e. The molecule has 0 radical (unpaired) electrons. The number of hydrogen-bond donors (Lipinski definition) is 1. The Morgan fingerprint density at radius 3 is 2.60 bits per heavy atom. The number of hydrogen-bond acceptors (Lipinski definition) is 3. The molecule has 1 atom stereocenters. The summed E-state index contributed by atoms with van der Waals surface area (Å²) in [5.41, 5.74) is 1.08. The molecule has 30 heavy (non-hydrogen) atoms. The number of halogens is 1. The van der Waals surface area contributed by atoms with E-state index in [-0.39, 0.29) is 12.5 Å². The molecular weight excluding hydrogens is 398 g/mol. The highest BCUT2D eigenvalue weighted by molar-refractivity contribution is 6.35. The van der Waals surface area contributed by atoms with E-state index in [2.05, 4.69) is 10.3 Å². The summed E-state index contributed by atoms with van der Waals surface area (Å²) >= 11 is 6.28. The molecule has 5 nitrogen and oxygen atoms in total. The smallest absolute Gasteiger partial charge is 0.319 e. The molecule has 0 bridgehead atoms. The normalized spacial score (nSPS) is 18.9. The van der Waals surface area contributed by atoms with Crippen LogP contribution in [-0.2, 0) is 16.9 Å². The Morgan fingerprint density at radius 1 is 0.967 bits per heavy atom. The molecule has 0 spiro atoms. The molecule has 1 saturated heterocycles. The number of rotatable bonds is 3. The zero-order valence-corrected chi connectivity index (χ0v) is 17.0. The SMILES string of the molecule is CC1(c2cccc3ccccc23)NC(=O)N(Cc2ccc(Cl)c3cccnc23)C1=O. The Kier molecular flexibility index (Phi) is 4.22. The van der Waals surface area contributed by atoms with Gasteiger partial charge in [-0.15, -0.1) is 0 Å². The highest BCUT2D eigenvalue weighted by Crippen LogP contribution is 2.35. The van der Waals surface area contributed by atoms with Crippen LogP contribution < -0.4 is 5.32 Å². The van der Waals surface area contributed by atoms with Crippen molar-refractivity contribution < 1.29 is 9.59 Å². The van der Waals surface area contributed by atoms with Gasteiger partial charge in [0.1, 0.15) is 5.54 Å². The number of nitrogens with one attached hydrogen (secondary N) is 1. The van der Waals surface area contributed by atoms with Gasteiger partial charge in [-0.3, -0.25) is 14.7 Å². The van der Waals surface area contributed by atoms with E-state index in [0.29, 0.717) is 10.5 Å². The molecule has 1 aliphatic heterocycles. The number of aromatic nitrogens is 1. The average molecular weight is 416 g/mol. The van der Waals surface area contributed by atoms with Crippen molar-refractivity contribution >= 4 is 45.2 Å². The predicted molar refractivity (Wildman–Crippen MR) is 117 cm³/mol. The molecule has 3 amide bonds. The van der Waals surface area contributed by atoms with Crippen molar-refractivity contribution in [2.75, 3.05) is 0 Å². The summed E-state index contributed by atoms with van der Waals surface area (Å²) < 4.78 is 0. The number of fused-ring (bicyclic) bond motifs is 2. The first-order valence-corrected chi connectivity index (χ1v) is 10.0. The Balaban J connectivity index is 1.56. The number of imide groups is 1. The van der Waals surface area contributed by atoms with Crippen LogP contribution in [0.25, 0.3) is 21.7 Å². The first-order valence-electron chi connectivity index (χ1n) is 9.63. The second-order valence-electron chi connectivity index (χ2n) is 7.58. The zero-order valence-electron chi connectivity index (χ0n) is 16.2. The van der Waals surface area contributed by atoms with E-state index in [9.17, 15) is 9.59 Å². The molecule has 1 N–H and O–H groups in total. The fourth-order valence-electron chi connectivity index (χ4n) is 4.18. The van der Waals surface area contributed by atoms with Gasteiger partial charge in [-0.25, -0.2) is 4.79 Å². The van der Waals surface area contributed by atoms with Crippen LogP contribution in [0.5, 0.6) is 0 Å². The third-order valence-corrected chi connectivity index (χ3v) is 6.06. The first-order chi connectivity index (χ1) is 14.5. The van der Waals surface area contributed by atoms with Crippen LogP contribution >= 0.6 is 11.6 Å². The summed E-state index contributed by atoms with van der Waals surface area (Å²) in [6.07, 6.45) is 1.67. The standard InChI is InChI=1S/C24H18ClN3O2/c1-24(19-10-4-7-15-6-2-3-8-17(15)19)22(29)28(23(30)27-24)14-16-11-12-20(25)18-9-5-13-26-21(16)18/h2-13H,14H2,1H3,(H,27,30). The van der Waals surface area contributed by atoms with Gasteiger partial charge in [0.2, 0.25) is 0 Å². The molecule has 2 heterocycles. The maximum Gasteiger partial charge on any atom is 0.325 e. The number of amides is 3. The first kappa shape index (κ1) is 18.6. The minimum atomic E-state index is -1.15. The van der Waals surface area contributed by atoms with Crippen LogP contribution in [0.3, 0.4) is 0 Å². The van der Waals surface area contributed by atoms with Crippen LogP contribution in [-0.4, -0.2) is 21.8 Å². The molecule has 1 unspecified atom stereocenters. The summed E-state index contributed by atoms with van der Waals surface area (Å²) in [4.78, 5) is 32.0. The fourth-order valence-corrected chi connectivity index (χ4v) is 4.39. The van der Waals surface area contributed by atoms with Crippen LogP contribution in [0.1, 0.15) is 18.1 Å². The van der Waals surface area contributed by atoms with Crippen LogP contribution in [0, 0.1) is 0 Å². The van der Waals surface area contributed by atoms with Gasteiger partial charge in [0, 0.05) is 16.6 Å². The molecule has 4 aromatic rings. The van der Waals surface area contributed by atoms with Gasteiger partial charge < -0.3 is 5.32 Å². The van der Waals surface area contributed by atoms with Gasteiger partial charge >= 0.3 is 6.03 Å². The van der Waals surface area contributed by atoms with Crippen molar-refractivity contribution in [3.05, 3.63) is 89.1 Å².